The van der Waals surface area contributed by atoms with Gasteiger partial charge in [0.05, 0.1) is 7.11 Å². The fraction of sp³-hybridized carbons (Fsp3) is 0.471. The maximum atomic E-state index is 12.8. The van der Waals surface area contributed by atoms with Gasteiger partial charge in [0.1, 0.15) is 10.9 Å². The fourth-order valence-corrected chi connectivity index (χ4v) is 4.70. The SMILES string of the molecule is COC(=O)C(NC(=O)c1ccc(S(F)(F)(F)(F)F)cc1)C1(C2CC2)CB(C#N)C1. The first-order valence-corrected chi connectivity index (χ1v) is 10.8. The highest BCUT2D eigenvalue weighted by molar-refractivity contribution is 8.45. The topological polar surface area (TPSA) is 79.2 Å². The van der Waals surface area contributed by atoms with Crippen LogP contribution in [0.3, 0.4) is 0 Å². The molecule has 2 aliphatic rings. The van der Waals surface area contributed by atoms with Crippen LogP contribution in [0.15, 0.2) is 29.2 Å². The lowest BCUT2D eigenvalue weighted by Gasteiger charge is -2.48. The number of nitrogens with one attached hydrogen (secondary N) is 1. The van der Waals surface area contributed by atoms with E-state index in [-0.39, 0.29) is 30.3 Å². The molecule has 1 aliphatic heterocycles. The minimum atomic E-state index is -9.84. The van der Waals surface area contributed by atoms with E-state index in [1.807, 2.05) is 0 Å². The molecule has 1 saturated heterocycles. The largest absolute Gasteiger partial charge is 0.467 e. The number of hydrogen-bond acceptors (Lipinski definition) is 4. The van der Waals surface area contributed by atoms with Crippen LogP contribution >= 0.6 is 10.2 Å². The van der Waals surface area contributed by atoms with Crippen LogP contribution in [0.25, 0.3) is 0 Å². The number of carbonyl (C=O) groups excluding carboxylic acids is 2. The van der Waals surface area contributed by atoms with Crippen molar-refractivity contribution in [3.63, 3.8) is 0 Å². The summed E-state index contributed by atoms with van der Waals surface area (Å²) in [7, 11) is -8.69. The molecule has 3 rings (SSSR count). The van der Waals surface area contributed by atoms with Crippen molar-refractivity contribution in [2.24, 2.45) is 11.3 Å². The molecule has 29 heavy (non-hydrogen) atoms. The van der Waals surface area contributed by atoms with Gasteiger partial charge in [-0.1, -0.05) is 32.1 Å². The smallest absolute Gasteiger partial charge is 0.328 e. The Kier molecular flexibility index (Phi) is 4.51. The van der Waals surface area contributed by atoms with Gasteiger partial charge in [0.15, 0.2) is 0 Å². The monoisotopic (exact) mass is 436 g/mol. The maximum absolute atomic E-state index is 12.8. The van der Waals surface area contributed by atoms with E-state index in [2.05, 4.69) is 11.3 Å². The van der Waals surface area contributed by atoms with E-state index >= 15 is 0 Å². The quantitative estimate of drug-likeness (QED) is 0.402. The van der Waals surface area contributed by atoms with E-state index in [1.54, 1.807) is 0 Å². The van der Waals surface area contributed by atoms with Gasteiger partial charge in [-0.3, -0.25) is 4.79 Å². The zero-order valence-corrected chi connectivity index (χ0v) is 16.2. The van der Waals surface area contributed by atoms with Crippen LogP contribution in [-0.4, -0.2) is 31.7 Å². The third-order valence-corrected chi connectivity index (χ3v) is 6.84. The van der Waals surface area contributed by atoms with Crippen molar-refractivity contribution in [3.8, 4) is 5.97 Å². The second-order valence-corrected chi connectivity index (χ2v) is 10.1. The van der Waals surface area contributed by atoms with Gasteiger partial charge in [-0.25, -0.2) is 10.1 Å². The van der Waals surface area contributed by atoms with E-state index in [0.717, 1.165) is 20.0 Å². The minimum Gasteiger partial charge on any atom is -0.467 e. The zero-order chi connectivity index (χ0) is 21.7. The summed E-state index contributed by atoms with van der Waals surface area (Å²) in [4.78, 5) is 22.8. The summed E-state index contributed by atoms with van der Waals surface area (Å²) in [5, 5.41) is 11.6. The van der Waals surface area contributed by atoms with Crippen molar-refractivity contribution < 1.29 is 33.8 Å². The van der Waals surface area contributed by atoms with Crippen LogP contribution in [-0.2, 0) is 9.53 Å². The average molecular weight is 436 g/mol. The predicted molar refractivity (Wildman–Crippen MR) is 97.2 cm³/mol. The zero-order valence-electron chi connectivity index (χ0n) is 15.3. The number of nitrogens with zero attached hydrogens (tertiary/aromatic N) is 1. The molecule has 1 atom stereocenters. The molecule has 5 nitrogen and oxygen atoms in total. The first-order valence-electron chi connectivity index (χ1n) is 8.82. The Labute approximate surface area is 164 Å². The lowest BCUT2D eigenvalue weighted by atomic mass is 9.25. The number of methoxy groups -OCH3 is 1. The third-order valence-electron chi connectivity index (χ3n) is 5.68. The molecule has 1 saturated carbocycles. The van der Waals surface area contributed by atoms with Gasteiger partial charge >= 0.3 is 16.2 Å². The highest BCUT2D eigenvalue weighted by Crippen LogP contribution is 3.02. The molecule has 2 fully saturated rings. The normalized spacial score (nSPS) is 21.6. The highest BCUT2D eigenvalue weighted by atomic mass is 32.5. The van der Waals surface area contributed by atoms with Gasteiger partial charge in [-0.2, -0.15) is 0 Å². The average Bonchev–Trinajstić information content (AvgIpc) is 3.43. The number of carbonyl (C=O) groups is 2. The standard InChI is InChI=1S/C17H18BF5N2O3S/c1-28-16(27)14(17(12-4-5-12)8-18(9-17)10-24)25-15(26)11-2-6-13(7-3-11)29(19,20,21,22)23/h2-3,6-7,12,14H,4-5,8-9H2,1H3,(H,25,26). The maximum Gasteiger partial charge on any atom is 0.328 e. The fourth-order valence-electron chi connectivity index (χ4n) is 4.05. The highest BCUT2D eigenvalue weighted by Gasteiger charge is 2.65. The number of hydrogen-bond donors (Lipinski definition) is 1. The number of rotatable bonds is 6. The van der Waals surface area contributed by atoms with Crippen molar-refractivity contribution in [1.29, 1.82) is 5.26 Å². The molecule has 0 bridgehead atoms. The van der Waals surface area contributed by atoms with E-state index in [0.29, 0.717) is 24.8 Å². The van der Waals surface area contributed by atoms with E-state index in [4.69, 9.17) is 10.00 Å². The Balaban J connectivity index is 1.83. The molecule has 1 unspecified atom stereocenters. The molecule has 0 aromatic heterocycles. The number of esters is 1. The van der Waals surface area contributed by atoms with Crippen LogP contribution in [0.5, 0.6) is 0 Å². The van der Waals surface area contributed by atoms with Crippen LogP contribution in [0.1, 0.15) is 23.2 Å². The van der Waals surface area contributed by atoms with E-state index < -0.39 is 38.5 Å². The van der Waals surface area contributed by atoms with E-state index in [9.17, 15) is 29.0 Å². The van der Waals surface area contributed by atoms with Gasteiger partial charge in [0, 0.05) is 11.5 Å². The molecule has 12 heteroatoms. The van der Waals surface area contributed by atoms with Gasteiger partial charge in [-0.15, -0.1) is 0 Å². The van der Waals surface area contributed by atoms with Crippen molar-refractivity contribution in [2.75, 3.05) is 7.11 Å². The molecule has 1 aromatic rings. The summed E-state index contributed by atoms with van der Waals surface area (Å²) in [6, 6.07) is 0.497. The minimum absolute atomic E-state index is 0.131. The number of ether oxygens (including phenoxy) is 1. The van der Waals surface area contributed by atoms with Gasteiger partial charge in [0.25, 0.3) is 12.6 Å². The molecular weight excluding hydrogens is 418 g/mol. The summed E-state index contributed by atoms with van der Waals surface area (Å²) < 4.78 is 68.9. The summed E-state index contributed by atoms with van der Waals surface area (Å²) in [6.45, 7) is -0.253. The Hall–Kier alpha value is -2.29. The molecule has 1 aliphatic carbocycles. The molecular formula is C17H18BF5N2O3S. The molecule has 1 aromatic carbocycles. The summed E-state index contributed by atoms with van der Waals surface area (Å²) >= 11 is 0. The van der Waals surface area contributed by atoms with Crippen LogP contribution in [0, 0.1) is 22.6 Å². The summed E-state index contributed by atoms with van der Waals surface area (Å²) in [5.74, 6) is 0.658. The first-order chi connectivity index (χ1) is 13.2. The lowest BCUT2D eigenvalue weighted by molar-refractivity contribution is -0.146. The number of halogens is 5. The van der Waals surface area contributed by atoms with Gasteiger partial charge < -0.3 is 10.1 Å². The molecule has 1 amide bonds. The van der Waals surface area contributed by atoms with Crippen LogP contribution in [0.4, 0.5) is 19.4 Å². The predicted octanol–water partition coefficient (Wildman–Crippen LogP) is 4.58. The Morgan fingerprint density at radius 2 is 1.76 bits per heavy atom. The summed E-state index contributed by atoms with van der Waals surface area (Å²) in [5.41, 5.74) is -0.945. The molecule has 1 heterocycles. The Bertz CT molecular complexity index is 891. The number of nitriles is 1. The molecule has 1 N–H and O–H groups in total. The van der Waals surface area contributed by atoms with Gasteiger partial charge in [-0.05, 0) is 48.4 Å². The number of benzene rings is 1. The molecule has 0 spiro atoms. The second-order valence-electron chi connectivity index (χ2n) is 7.66. The third kappa shape index (κ3) is 4.20. The van der Waals surface area contributed by atoms with Crippen molar-refractivity contribution in [1.82, 2.24) is 5.32 Å². The van der Waals surface area contributed by atoms with Crippen molar-refractivity contribution in [2.45, 2.75) is 36.4 Å². The van der Waals surface area contributed by atoms with Gasteiger partial charge in [0.2, 0.25) is 0 Å². The first kappa shape index (κ1) is 21.4. The van der Waals surface area contributed by atoms with Crippen molar-refractivity contribution in [3.05, 3.63) is 29.8 Å². The van der Waals surface area contributed by atoms with Crippen LogP contribution in [0.2, 0.25) is 12.6 Å². The molecule has 158 valence electrons. The Morgan fingerprint density at radius 1 is 1.21 bits per heavy atom. The van der Waals surface area contributed by atoms with E-state index in [1.165, 1.54) is 0 Å². The summed E-state index contributed by atoms with van der Waals surface area (Å²) in [6.07, 6.45) is 2.47. The van der Waals surface area contributed by atoms with Crippen LogP contribution < -0.4 is 5.32 Å². The lowest BCUT2D eigenvalue weighted by Crippen LogP contribution is -2.61. The molecule has 0 radical (unpaired) electrons. The number of amides is 1. The Morgan fingerprint density at radius 3 is 2.17 bits per heavy atom. The van der Waals surface area contributed by atoms with Crippen molar-refractivity contribution >= 4 is 28.8 Å². The second kappa shape index (κ2) is 6.11.